The van der Waals surface area contributed by atoms with Crippen LogP contribution in [0.2, 0.25) is 0 Å². The lowest BCUT2D eigenvalue weighted by atomic mass is 9.97. The van der Waals surface area contributed by atoms with Gasteiger partial charge in [0.25, 0.3) is 5.79 Å². The number of carbonyl (C=O) groups excluding carboxylic acids is 1. The Hall–Kier alpha value is -2.33. The second-order valence-corrected chi connectivity index (χ2v) is 7.79. The highest BCUT2D eigenvalue weighted by atomic mass is 19.4. The van der Waals surface area contributed by atoms with Gasteiger partial charge in [-0.05, 0) is 51.3 Å². The van der Waals surface area contributed by atoms with Gasteiger partial charge in [0.15, 0.2) is 0 Å². The number of hydrogen-bond acceptors (Lipinski definition) is 4. The number of carbonyl (C=O) groups is 2. The van der Waals surface area contributed by atoms with Crippen LogP contribution in [0.25, 0.3) is 0 Å². The number of carboxylic acid groups (broad SMARTS) is 1. The van der Waals surface area contributed by atoms with Gasteiger partial charge < -0.3 is 20.2 Å². The largest absolute Gasteiger partial charge is 0.465 e. The molecule has 3 N–H and O–H groups in total. The molecule has 1 aliphatic heterocycles. The Bertz CT molecular complexity index is 786. The first-order chi connectivity index (χ1) is 12.6. The van der Waals surface area contributed by atoms with Gasteiger partial charge in [-0.3, -0.25) is 9.69 Å². The second kappa shape index (κ2) is 6.93. The number of hydrogen-bond donors (Lipinski definition) is 3. The number of benzene rings is 1. The number of alkyl halides is 3. The van der Waals surface area contributed by atoms with Gasteiger partial charge >= 0.3 is 12.3 Å². The molecule has 1 heterocycles. The number of aliphatic hydroxyl groups is 2. The highest BCUT2D eigenvalue weighted by Crippen LogP contribution is 2.39. The Morgan fingerprint density at radius 2 is 1.79 bits per heavy atom. The first kappa shape index (κ1) is 22.0. The van der Waals surface area contributed by atoms with E-state index in [9.17, 15) is 38.1 Å². The molecule has 0 aromatic heterocycles. The van der Waals surface area contributed by atoms with Crippen molar-refractivity contribution < 1.29 is 38.1 Å². The molecule has 1 unspecified atom stereocenters. The minimum absolute atomic E-state index is 0.0407. The molecule has 0 fully saturated rings. The summed E-state index contributed by atoms with van der Waals surface area (Å²) in [5, 5.41) is 28.6. The summed E-state index contributed by atoms with van der Waals surface area (Å²) < 4.78 is 38.8. The van der Waals surface area contributed by atoms with E-state index in [2.05, 4.69) is 0 Å². The van der Waals surface area contributed by atoms with Crippen LogP contribution in [0.5, 0.6) is 0 Å². The average Bonchev–Trinajstić information content (AvgIpc) is 2.64. The Labute approximate surface area is 160 Å². The predicted octanol–water partition coefficient (Wildman–Crippen LogP) is 2.44. The van der Waals surface area contributed by atoms with Crippen molar-refractivity contribution in [2.75, 3.05) is 11.9 Å². The number of rotatable bonds is 2. The molecular weight excluding hydrogens is 381 g/mol. The van der Waals surface area contributed by atoms with E-state index < -0.39 is 41.1 Å². The van der Waals surface area contributed by atoms with E-state index in [-0.39, 0.29) is 24.1 Å². The van der Waals surface area contributed by atoms with Crippen molar-refractivity contribution in [2.45, 2.75) is 57.2 Å². The molecule has 0 saturated carbocycles. The van der Waals surface area contributed by atoms with E-state index in [1.807, 2.05) is 0 Å². The second-order valence-electron chi connectivity index (χ2n) is 7.79. The van der Waals surface area contributed by atoms with Crippen LogP contribution < -0.4 is 4.90 Å². The van der Waals surface area contributed by atoms with Gasteiger partial charge in [-0.1, -0.05) is 6.07 Å². The van der Waals surface area contributed by atoms with Crippen molar-refractivity contribution >= 4 is 17.7 Å². The van der Waals surface area contributed by atoms with Crippen molar-refractivity contribution in [3.8, 4) is 0 Å². The zero-order valence-corrected chi connectivity index (χ0v) is 15.9. The third-order valence-electron chi connectivity index (χ3n) is 4.78. The van der Waals surface area contributed by atoms with E-state index in [1.54, 1.807) is 20.8 Å². The molecule has 0 radical (unpaired) electrons. The number of anilines is 1. The van der Waals surface area contributed by atoms with Crippen LogP contribution in [0.3, 0.4) is 0 Å². The standard InChI is InChI=1S/C18H23F3N2O5/c1-16(2,3)23(15(25)26)13-7-5-10-9-11(17(27,28)18(19,20)21)6-8-12(10)22(4)14(13)24/h6,8-9,13,27-28H,5,7H2,1-4H3,(H,25,26). The summed E-state index contributed by atoms with van der Waals surface area (Å²) in [6.45, 7) is 4.92. The molecule has 7 nitrogen and oxygen atoms in total. The number of halogens is 3. The summed E-state index contributed by atoms with van der Waals surface area (Å²) in [7, 11) is 1.40. The van der Waals surface area contributed by atoms with Crippen molar-refractivity contribution in [3.63, 3.8) is 0 Å². The van der Waals surface area contributed by atoms with Crippen LogP contribution in [-0.2, 0) is 17.0 Å². The highest BCUT2D eigenvalue weighted by Gasteiger charge is 2.54. The van der Waals surface area contributed by atoms with E-state index in [4.69, 9.17) is 0 Å². The van der Waals surface area contributed by atoms with Crippen molar-refractivity contribution in [2.24, 2.45) is 0 Å². The molecule has 2 rings (SSSR count). The number of likely N-dealkylation sites (N-methyl/N-ethyl adjacent to an activating group) is 1. The van der Waals surface area contributed by atoms with Crippen LogP contribution in [-0.4, -0.2) is 57.0 Å². The fourth-order valence-corrected chi connectivity index (χ4v) is 3.38. The molecule has 28 heavy (non-hydrogen) atoms. The third-order valence-corrected chi connectivity index (χ3v) is 4.78. The Balaban J connectivity index is 2.48. The Kier molecular flexibility index (Phi) is 5.43. The van der Waals surface area contributed by atoms with Crippen LogP contribution in [0, 0.1) is 0 Å². The number of nitrogens with zero attached hydrogens (tertiary/aromatic N) is 2. The van der Waals surface area contributed by atoms with Gasteiger partial charge in [-0.2, -0.15) is 13.2 Å². The molecule has 0 spiro atoms. The predicted molar refractivity (Wildman–Crippen MR) is 93.7 cm³/mol. The highest BCUT2D eigenvalue weighted by molar-refractivity contribution is 5.99. The summed E-state index contributed by atoms with van der Waals surface area (Å²) in [5.41, 5.74) is -1.08. The van der Waals surface area contributed by atoms with Crippen molar-refractivity contribution in [3.05, 3.63) is 29.3 Å². The zero-order chi connectivity index (χ0) is 21.7. The molecule has 1 aromatic rings. The zero-order valence-electron chi connectivity index (χ0n) is 15.9. The Morgan fingerprint density at radius 1 is 1.21 bits per heavy atom. The number of aryl methyl sites for hydroxylation is 1. The van der Waals surface area contributed by atoms with Crippen LogP contribution in [0.1, 0.15) is 38.3 Å². The van der Waals surface area contributed by atoms with Gasteiger partial charge in [0, 0.05) is 23.8 Å². The lowest BCUT2D eigenvalue weighted by Gasteiger charge is -2.39. The van der Waals surface area contributed by atoms with E-state index in [1.165, 1.54) is 18.0 Å². The smallest absolute Gasteiger partial charge is 0.447 e. The summed E-state index contributed by atoms with van der Waals surface area (Å²) in [6, 6.07) is 2.03. The van der Waals surface area contributed by atoms with Crippen molar-refractivity contribution in [1.29, 1.82) is 0 Å². The summed E-state index contributed by atoms with van der Waals surface area (Å²) in [6.07, 6.45) is -6.47. The quantitative estimate of drug-likeness (QED) is 0.658. The molecule has 156 valence electrons. The van der Waals surface area contributed by atoms with Gasteiger partial charge in [0.2, 0.25) is 5.91 Å². The molecule has 1 atom stereocenters. The van der Waals surface area contributed by atoms with E-state index in [0.717, 1.165) is 17.0 Å². The van der Waals surface area contributed by atoms with E-state index >= 15 is 0 Å². The average molecular weight is 404 g/mol. The van der Waals surface area contributed by atoms with Gasteiger partial charge in [-0.15, -0.1) is 0 Å². The molecular formula is C18H23F3N2O5. The molecule has 0 bridgehead atoms. The summed E-state index contributed by atoms with van der Waals surface area (Å²) >= 11 is 0. The molecule has 1 aliphatic rings. The fourth-order valence-electron chi connectivity index (χ4n) is 3.38. The number of amides is 2. The first-order valence-corrected chi connectivity index (χ1v) is 8.53. The maximum Gasteiger partial charge on any atom is 0.447 e. The maximum atomic E-state index is 12.9. The summed E-state index contributed by atoms with van der Waals surface area (Å²) in [4.78, 5) is 26.8. The topological polar surface area (TPSA) is 101 Å². The minimum Gasteiger partial charge on any atom is -0.465 e. The molecule has 2 amide bonds. The SMILES string of the molecule is CN1C(=O)C(N(C(=O)O)C(C)(C)C)CCc2cc(C(O)(O)C(F)(F)F)ccc21. The minimum atomic E-state index is -5.30. The number of fused-ring (bicyclic) bond motifs is 1. The van der Waals surface area contributed by atoms with Gasteiger partial charge in [-0.25, -0.2) is 4.79 Å². The lowest BCUT2D eigenvalue weighted by molar-refractivity contribution is -0.358. The first-order valence-electron chi connectivity index (χ1n) is 8.53. The van der Waals surface area contributed by atoms with Crippen molar-refractivity contribution in [1.82, 2.24) is 4.90 Å². The Morgan fingerprint density at radius 3 is 2.25 bits per heavy atom. The monoisotopic (exact) mass is 404 g/mol. The normalized spacial score (nSPS) is 18.5. The van der Waals surface area contributed by atoms with Crippen LogP contribution in [0.4, 0.5) is 23.7 Å². The third kappa shape index (κ3) is 3.79. The maximum absolute atomic E-state index is 12.9. The molecule has 0 saturated heterocycles. The lowest BCUT2D eigenvalue weighted by Crippen LogP contribution is -2.56. The van der Waals surface area contributed by atoms with Gasteiger partial charge in [0.05, 0.1) is 0 Å². The summed E-state index contributed by atoms with van der Waals surface area (Å²) in [5.74, 6) is -4.55. The molecule has 0 aliphatic carbocycles. The van der Waals surface area contributed by atoms with Crippen LogP contribution in [0.15, 0.2) is 18.2 Å². The van der Waals surface area contributed by atoms with Crippen LogP contribution >= 0.6 is 0 Å². The molecule has 1 aromatic carbocycles. The van der Waals surface area contributed by atoms with Gasteiger partial charge in [0.1, 0.15) is 6.04 Å². The van der Waals surface area contributed by atoms with E-state index in [0.29, 0.717) is 0 Å². The molecule has 10 heteroatoms. The fraction of sp³-hybridized carbons (Fsp3) is 0.556.